The minimum atomic E-state index is -0.197. The molecule has 2 aromatic carbocycles. The number of nitrogens with two attached hydrogens (primary N) is 1. The average Bonchev–Trinajstić information content (AvgIpc) is 2.28. The molecule has 2 N–H and O–H groups in total. The van der Waals surface area contributed by atoms with Gasteiger partial charge in [-0.05, 0) is 37.3 Å². The van der Waals surface area contributed by atoms with Crippen LogP contribution in [0.3, 0.4) is 0 Å². The third-order valence-corrected chi connectivity index (χ3v) is 2.84. The van der Waals surface area contributed by atoms with E-state index in [-0.39, 0.29) is 5.54 Å². The third kappa shape index (κ3) is 2.59. The molecule has 0 fully saturated rings. The van der Waals surface area contributed by atoms with Crippen LogP contribution in [0.2, 0.25) is 0 Å². The lowest BCUT2D eigenvalue weighted by Gasteiger charge is -2.20. The maximum Gasteiger partial charge on any atom is 0.126 e. The lowest BCUT2D eigenvalue weighted by molar-refractivity contribution is 0.419. The first-order chi connectivity index (χ1) is 8.01. The minimum Gasteiger partial charge on any atom is -0.496 e. The number of fused-ring (bicyclic) bond motifs is 1. The van der Waals surface area contributed by atoms with Gasteiger partial charge in [-0.2, -0.15) is 0 Å². The van der Waals surface area contributed by atoms with E-state index in [0.29, 0.717) is 0 Å². The van der Waals surface area contributed by atoms with Crippen LogP contribution in [0.15, 0.2) is 36.4 Å². The maximum atomic E-state index is 6.10. The highest BCUT2D eigenvalue weighted by Crippen LogP contribution is 2.29. The summed E-state index contributed by atoms with van der Waals surface area (Å²) in [5.74, 6) is 0.916. The van der Waals surface area contributed by atoms with Crippen molar-refractivity contribution in [2.75, 3.05) is 7.11 Å². The van der Waals surface area contributed by atoms with Crippen molar-refractivity contribution in [3.8, 4) is 5.75 Å². The molecule has 0 bridgehead atoms. The Balaban J connectivity index is 2.59. The molecule has 0 aromatic heterocycles. The van der Waals surface area contributed by atoms with Crippen LogP contribution in [0.1, 0.15) is 19.4 Å². The Bertz CT molecular complexity index is 526. The summed E-state index contributed by atoms with van der Waals surface area (Å²) in [6.07, 6.45) is 0.859. The number of rotatable bonds is 3. The van der Waals surface area contributed by atoms with Crippen LogP contribution in [-0.2, 0) is 6.42 Å². The number of ether oxygens (including phenoxy) is 1. The summed E-state index contributed by atoms with van der Waals surface area (Å²) >= 11 is 0. The Morgan fingerprint density at radius 3 is 2.29 bits per heavy atom. The van der Waals surface area contributed by atoms with Gasteiger partial charge in [-0.3, -0.25) is 0 Å². The van der Waals surface area contributed by atoms with E-state index in [1.54, 1.807) is 7.11 Å². The SMILES string of the molecule is COc1ccc(CC(C)(C)N)c2ccccc12. The summed E-state index contributed by atoms with van der Waals surface area (Å²) in [6, 6.07) is 12.4. The third-order valence-electron chi connectivity index (χ3n) is 2.84. The molecule has 0 aliphatic heterocycles. The van der Waals surface area contributed by atoms with Crippen LogP contribution >= 0.6 is 0 Å². The molecular weight excluding hydrogens is 210 g/mol. The molecule has 0 saturated carbocycles. The van der Waals surface area contributed by atoms with Gasteiger partial charge >= 0.3 is 0 Å². The molecule has 2 heteroatoms. The number of benzene rings is 2. The van der Waals surface area contributed by atoms with Gasteiger partial charge < -0.3 is 10.5 Å². The first-order valence-electron chi connectivity index (χ1n) is 5.85. The molecule has 0 heterocycles. The average molecular weight is 229 g/mol. The van der Waals surface area contributed by atoms with E-state index >= 15 is 0 Å². The molecule has 0 amide bonds. The van der Waals surface area contributed by atoms with Crippen LogP contribution < -0.4 is 10.5 Å². The van der Waals surface area contributed by atoms with Gasteiger partial charge in [0.1, 0.15) is 5.75 Å². The van der Waals surface area contributed by atoms with Crippen LogP contribution in [0.25, 0.3) is 10.8 Å². The number of hydrogen-bond acceptors (Lipinski definition) is 2. The standard InChI is InChI=1S/C15H19NO/c1-15(2,16)10-11-8-9-14(17-3)13-7-5-4-6-12(11)13/h4-9H,10,16H2,1-3H3. The molecule has 0 saturated heterocycles. The van der Waals surface area contributed by atoms with Crippen molar-refractivity contribution in [2.45, 2.75) is 25.8 Å². The molecule has 2 aromatic rings. The van der Waals surface area contributed by atoms with Gasteiger partial charge in [-0.15, -0.1) is 0 Å². The summed E-state index contributed by atoms with van der Waals surface area (Å²) in [6.45, 7) is 4.10. The fraction of sp³-hybridized carbons (Fsp3) is 0.333. The van der Waals surface area contributed by atoms with E-state index in [9.17, 15) is 0 Å². The molecule has 2 rings (SSSR count). The Hall–Kier alpha value is -1.54. The molecule has 0 spiro atoms. The first-order valence-corrected chi connectivity index (χ1v) is 5.85. The summed E-state index contributed by atoms with van der Waals surface area (Å²) in [5.41, 5.74) is 7.17. The monoisotopic (exact) mass is 229 g/mol. The molecule has 0 aliphatic rings. The van der Waals surface area contributed by atoms with Gasteiger partial charge in [0.05, 0.1) is 7.11 Å². The van der Waals surface area contributed by atoms with Crippen molar-refractivity contribution in [1.82, 2.24) is 0 Å². The van der Waals surface area contributed by atoms with Crippen molar-refractivity contribution >= 4 is 10.8 Å². The van der Waals surface area contributed by atoms with Crippen LogP contribution in [0.4, 0.5) is 0 Å². The molecule has 90 valence electrons. The minimum absolute atomic E-state index is 0.197. The largest absolute Gasteiger partial charge is 0.496 e. The predicted octanol–water partition coefficient (Wildman–Crippen LogP) is 3.13. The summed E-state index contributed by atoms with van der Waals surface area (Å²) in [5, 5.41) is 2.38. The maximum absolute atomic E-state index is 6.10. The Morgan fingerprint density at radius 1 is 1.06 bits per heavy atom. The molecule has 0 atom stereocenters. The van der Waals surface area contributed by atoms with Gasteiger partial charge in [0.25, 0.3) is 0 Å². The Morgan fingerprint density at radius 2 is 1.71 bits per heavy atom. The van der Waals surface area contributed by atoms with Gasteiger partial charge in [-0.1, -0.05) is 30.3 Å². The van der Waals surface area contributed by atoms with Crippen LogP contribution in [0, 0.1) is 0 Å². The lowest BCUT2D eigenvalue weighted by Crippen LogP contribution is -2.34. The van der Waals surface area contributed by atoms with Crippen molar-refractivity contribution in [3.63, 3.8) is 0 Å². The van der Waals surface area contributed by atoms with Crippen molar-refractivity contribution in [2.24, 2.45) is 5.73 Å². The van der Waals surface area contributed by atoms with E-state index in [4.69, 9.17) is 10.5 Å². The quantitative estimate of drug-likeness (QED) is 0.877. The Kier molecular flexibility index (Phi) is 3.07. The van der Waals surface area contributed by atoms with Crippen LogP contribution in [0.5, 0.6) is 5.75 Å². The predicted molar refractivity (Wildman–Crippen MR) is 72.5 cm³/mol. The first kappa shape index (κ1) is 11.9. The summed E-state index contributed by atoms with van der Waals surface area (Å²) < 4.78 is 5.38. The highest BCUT2D eigenvalue weighted by Gasteiger charge is 2.14. The molecule has 0 radical (unpaired) electrons. The van der Waals surface area contributed by atoms with E-state index in [0.717, 1.165) is 17.6 Å². The highest BCUT2D eigenvalue weighted by atomic mass is 16.5. The molecule has 0 unspecified atom stereocenters. The van der Waals surface area contributed by atoms with Crippen molar-refractivity contribution < 1.29 is 4.74 Å². The summed E-state index contributed by atoms with van der Waals surface area (Å²) in [4.78, 5) is 0. The Labute approximate surface area is 102 Å². The van der Waals surface area contributed by atoms with Crippen molar-refractivity contribution in [1.29, 1.82) is 0 Å². The van der Waals surface area contributed by atoms with Gasteiger partial charge in [0, 0.05) is 10.9 Å². The second-order valence-electron chi connectivity index (χ2n) is 5.14. The molecule has 2 nitrogen and oxygen atoms in total. The summed E-state index contributed by atoms with van der Waals surface area (Å²) in [7, 11) is 1.70. The van der Waals surface area contributed by atoms with E-state index < -0.39 is 0 Å². The molecule has 0 aliphatic carbocycles. The van der Waals surface area contributed by atoms with Gasteiger partial charge in [0.15, 0.2) is 0 Å². The van der Waals surface area contributed by atoms with E-state index in [1.807, 2.05) is 26.0 Å². The lowest BCUT2D eigenvalue weighted by atomic mass is 9.92. The molecule has 17 heavy (non-hydrogen) atoms. The van der Waals surface area contributed by atoms with E-state index in [2.05, 4.69) is 24.3 Å². The fourth-order valence-electron chi connectivity index (χ4n) is 2.16. The second-order valence-corrected chi connectivity index (χ2v) is 5.14. The zero-order valence-corrected chi connectivity index (χ0v) is 10.7. The zero-order chi connectivity index (χ0) is 12.5. The second kappa shape index (κ2) is 4.38. The van der Waals surface area contributed by atoms with Gasteiger partial charge in [-0.25, -0.2) is 0 Å². The van der Waals surface area contributed by atoms with Gasteiger partial charge in [0.2, 0.25) is 0 Å². The van der Waals surface area contributed by atoms with E-state index in [1.165, 1.54) is 10.9 Å². The fourth-order valence-corrected chi connectivity index (χ4v) is 2.16. The normalized spacial score (nSPS) is 11.8. The topological polar surface area (TPSA) is 35.2 Å². The highest BCUT2D eigenvalue weighted by molar-refractivity contribution is 5.91. The van der Waals surface area contributed by atoms with Crippen molar-refractivity contribution in [3.05, 3.63) is 42.0 Å². The molecular formula is C15H19NO. The van der Waals surface area contributed by atoms with Crippen LogP contribution in [-0.4, -0.2) is 12.6 Å². The number of hydrogen-bond donors (Lipinski definition) is 1. The zero-order valence-electron chi connectivity index (χ0n) is 10.7. The number of methoxy groups -OCH3 is 1. The smallest absolute Gasteiger partial charge is 0.126 e.